The van der Waals surface area contributed by atoms with E-state index in [0.29, 0.717) is 0 Å². The Kier molecular flexibility index (Phi) is 5.40. The molecule has 0 aliphatic carbocycles. The summed E-state index contributed by atoms with van der Waals surface area (Å²) in [5, 5.41) is 0. The molecular formula is C11H11ClF3NO2. The van der Waals surface area contributed by atoms with Gasteiger partial charge in [-0.25, -0.2) is 13.8 Å². The van der Waals surface area contributed by atoms with Crippen LogP contribution in [0.5, 0.6) is 0 Å². The maximum Gasteiger partial charge on any atom is 0.310 e. The van der Waals surface area contributed by atoms with Gasteiger partial charge in [0.2, 0.25) is 5.95 Å². The molecule has 100 valence electrons. The smallest absolute Gasteiger partial charge is 0.310 e. The first-order chi connectivity index (χ1) is 8.49. The standard InChI is InChI=1S/C11H11ClF3NO2/c1-2-18-9(17)4-8-7(10(13)14)3-6(5-12)16-11(8)15/h3,10H,2,4-5H2,1H3. The van der Waals surface area contributed by atoms with Crippen LogP contribution in [0, 0.1) is 5.95 Å². The lowest BCUT2D eigenvalue weighted by atomic mass is 10.1. The molecule has 18 heavy (non-hydrogen) atoms. The molecule has 0 saturated carbocycles. The minimum Gasteiger partial charge on any atom is -0.466 e. The first-order valence-electron chi connectivity index (χ1n) is 5.17. The summed E-state index contributed by atoms with van der Waals surface area (Å²) in [6.07, 6.45) is -3.48. The molecular weight excluding hydrogens is 271 g/mol. The Hall–Kier alpha value is -1.30. The lowest BCUT2D eigenvalue weighted by Crippen LogP contribution is -2.13. The third-order valence-corrected chi connectivity index (χ3v) is 2.43. The van der Waals surface area contributed by atoms with E-state index in [1.54, 1.807) is 6.92 Å². The molecule has 1 rings (SSSR count). The van der Waals surface area contributed by atoms with Crippen LogP contribution < -0.4 is 0 Å². The first kappa shape index (κ1) is 14.8. The van der Waals surface area contributed by atoms with Crippen LogP contribution in [-0.4, -0.2) is 17.6 Å². The third-order valence-electron chi connectivity index (χ3n) is 2.16. The summed E-state index contributed by atoms with van der Waals surface area (Å²) >= 11 is 5.42. The normalized spacial score (nSPS) is 10.8. The predicted octanol–water partition coefficient (Wildman–Crippen LogP) is 3.00. The van der Waals surface area contributed by atoms with Crippen LogP contribution in [0.15, 0.2) is 6.07 Å². The number of esters is 1. The number of rotatable bonds is 5. The van der Waals surface area contributed by atoms with Crippen molar-refractivity contribution in [3.8, 4) is 0 Å². The van der Waals surface area contributed by atoms with E-state index in [1.807, 2.05) is 0 Å². The quantitative estimate of drug-likeness (QED) is 0.473. The molecule has 0 aromatic carbocycles. The summed E-state index contributed by atoms with van der Waals surface area (Å²) in [6, 6.07) is 0.995. The number of hydrogen-bond acceptors (Lipinski definition) is 3. The van der Waals surface area contributed by atoms with Gasteiger partial charge in [0.15, 0.2) is 0 Å². The van der Waals surface area contributed by atoms with E-state index in [9.17, 15) is 18.0 Å². The molecule has 1 aromatic heterocycles. The molecule has 0 radical (unpaired) electrons. The topological polar surface area (TPSA) is 39.2 Å². The molecule has 0 atom stereocenters. The molecule has 1 heterocycles. The Labute approximate surface area is 107 Å². The summed E-state index contributed by atoms with van der Waals surface area (Å²) in [4.78, 5) is 14.6. The van der Waals surface area contributed by atoms with Crippen molar-refractivity contribution in [2.75, 3.05) is 6.61 Å². The molecule has 3 nitrogen and oxygen atoms in total. The van der Waals surface area contributed by atoms with Crippen molar-refractivity contribution in [3.63, 3.8) is 0 Å². The van der Waals surface area contributed by atoms with Crippen LogP contribution >= 0.6 is 11.6 Å². The number of hydrogen-bond donors (Lipinski definition) is 0. The minimum absolute atomic E-state index is 0.00271. The molecule has 7 heteroatoms. The molecule has 0 spiro atoms. The van der Waals surface area contributed by atoms with Crippen molar-refractivity contribution >= 4 is 17.6 Å². The fourth-order valence-electron chi connectivity index (χ4n) is 1.41. The molecule has 0 aliphatic heterocycles. The largest absolute Gasteiger partial charge is 0.466 e. The second kappa shape index (κ2) is 6.58. The lowest BCUT2D eigenvalue weighted by Gasteiger charge is -2.10. The fourth-order valence-corrected chi connectivity index (χ4v) is 1.54. The Bertz CT molecular complexity index is 441. The Morgan fingerprint density at radius 2 is 2.22 bits per heavy atom. The van der Waals surface area contributed by atoms with E-state index in [4.69, 9.17) is 11.6 Å². The number of alkyl halides is 3. The van der Waals surface area contributed by atoms with Crippen LogP contribution in [0.4, 0.5) is 13.2 Å². The molecule has 0 bridgehead atoms. The molecule has 0 saturated heterocycles. The van der Waals surface area contributed by atoms with Crippen LogP contribution in [-0.2, 0) is 21.8 Å². The van der Waals surface area contributed by atoms with Crippen molar-refractivity contribution in [1.29, 1.82) is 0 Å². The Balaban J connectivity index is 3.12. The number of nitrogens with zero attached hydrogens (tertiary/aromatic N) is 1. The van der Waals surface area contributed by atoms with E-state index in [1.165, 1.54) is 0 Å². The summed E-state index contributed by atoms with van der Waals surface area (Å²) < 4.78 is 43.7. The monoisotopic (exact) mass is 281 g/mol. The summed E-state index contributed by atoms with van der Waals surface area (Å²) in [7, 11) is 0. The third kappa shape index (κ3) is 3.60. The predicted molar refractivity (Wildman–Crippen MR) is 59.0 cm³/mol. The van der Waals surface area contributed by atoms with E-state index >= 15 is 0 Å². The molecule has 0 amide bonds. The molecule has 0 N–H and O–H groups in total. The van der Waals surface area contributed by atoms with Gasteiger partial charge in [-0.3, -0.25) is 4.79 Å². The van der Waals surface area contributed by atoms with E-state index < -0.39 is 35.9 Å². The SMILES string of the molecule is CCOC(=O)Cc1c(C(F)F)cc(CCl)nc1F. The van der Waals surface area contributed by atoms with Gasteiger partial charge < -0.3 is 4.74 Å². The van der Waals surface area contributed by atoms with Crippen molar-refractivity contribution in [3.05, 3.63) is 28.8 Å². The number of carbonyl (C=O) groups excluding carboxylic acids is 1. The van der Waals surface area contributed by atoms with Crippen LogP contribution in [0.3, 0.4) is 0 Å². The first-order valence-corrected chi connectivity index (χ1v) is 5.71. The van der Waals surface area contributed by atoms with Crippen LogP contribution in [0.1, 0.15) is 30.2 Å². The van der Waals surface area contributed by atoms with Gasteiger partial charge in [-0.1, -0.05) is 0 Å². The second-order valence-electron chi connectivity index (χ2n) is 3.39. The van der Waals surface area contributed by atoms with Gasteiger partial charge >= 0.3 is 5.97 Å². The zero-order chi connectivity index (χ0) is 13.7. The van der Waals surface area contributed by atoms with E-state index in [2.05, 4.69) is 9.72 Å². The zero-order valence-corrected chi connectivity index (χ0v) is 10.3. The van der Waals surface area contributed by atoms with Gasteiger partial charge in [-0.15, -0.1) is 11.6 Å². The highest BCUT2D eigenvalue weighted by Crippen LogP contribution is 2.26. The lowest BCUT2D eigenvalue weighted by molar-refractivity contribution is -0.142. The van der Waals surface area contributed by atoms with Crippen molar-refractivity contribution in [2.24, 2.45) is 0 Å². The summed E-state index contributed by atoms with van der Waals surface area (Å²) in [5.74, 6) is -2.08. The molecule has 0 aliphatic rings. The van der Waals surface area contributed by atoms with Crippen molar-refractivity contribution in [1.82, 2.24) is 4.98 Å². The van der Waals surface area contributed by atoms with E-state index in [-0.39, 0.29) is 18.2 Å². The average molecular weight is 282 g/mol. The fraction of sp³-hybridized carbons (Fsp3) is 0.455. The van der Waals surface area contributed by atoms with Gasteiger partial charge in [0.25, 0.3) is 6.43 Å². The summed E-state index contributed by atoms with van der Waals surface area (Å²) in [6.45, 7) is 1.66. The Morgan fingerprint density at radius 3 is 2.72 bits per heavy atom. The molecule has 0 fully saturated rings. The highest BCUT2D eigenvalue weighted by molar-refractivity contribution is 6.16. The number of carbonyl (C=O) groups is 1. The average Bonchev–Trinajstić information content (AvgIpc) is 2.31. The molecule has 1 aromatic rings. The number of pyridine rings is 1. The molecule has 0 unspecified atom stereocenters. The Morgan fingerprint density at radius 1 is 1.56 bits per heavy atom. The minimum atomic E-state index is -2.91. The van der Waals surface area contributed by atoms with Gasteiger partial charge in [0.1, 0.15) is 0 Å². The van der Waals surface area contributed by atoms with Crippen molar-refractivity contribution in [2.45, 2.75) is 25.7 Å². The number of ether oxygens (including phenoxy) is 1. The summed E-state index contributed by atoms with van der Waals surface area (Å²) in [5.41, 5.74) is -1.03. The number of aromatic nitrogens is 1. The maximum atomic E-state index is 13.5. The second-order valence-corrected chi connectivity index (χ2v) is 3.66. The zero-order valence-electron chi connectivity index (χ0n) is 9.55. The highest BCUT2D eigenvalue weighted by Gasteiger charge is 2.21. The van der Waals surface area contributed by atoms with Crippen LogP contribution in [0.25, 0.3) is 0 Å². The van der Waals surface area contributed by atoms with E-state index in [0.717, 1.165) is 6.07 Å². The highest BCUT2D eigenvalue weighted by atomic mass is 35.5. The maximum absolute atomic E-state index is 13.5. The van der Waals surface area contributed by atoms with Gasteiger partial charge in [0.05, 0.1) is 24.6 Å². The van der Waals surface area contributed by atoms with Crippen molar-refractivity contribution < 1.29 is 22.7 Å². The van der Waals surface area contributed by atoms with Gasteiger partial charge in [-0.2, -0.15) is 4.39 Å². The van der Waals surface area contributed by atoms with Crippen LogP contribution in [0.2, 0.25) is 0 Å². The van der Waals surface area contributed by atoms with Gasteiger partial charge in [0, 0.05) is 11.1 Å². The van der Waals surface area contributed by atoms with Gasteiger partial charge in [-0.05, 0) is 13.0 Å². The number of halogens is 4.